The van der Waals surface area contributed by atoms with Crippen molar-refractivity contribution in [2.24, 2.45) is 5.92 Å². The number of hydrogen-bond donors (Lipinski definition) is 1. The number of nitrogens with one attached hydrogen (secondary N) is 1. The van der Waals surface area contributed by atoms with E-state index in [1.165, 1.54) is 19.1 Å². The summed E-state index contributed by atoms with van der Waals surface area (Å²) in [5.41, 5.74) is 0. The molecule has 26 heavy (non-hydrogen) atoms. The van der Waals surface area contributed by atoms with Crippen LogP contribution in [0.15, 0.2) is 22.8 Å². The summed E-state index contributed by atoms with van der Waals surface area (Å²) in [4.78, 5) is 14.7. The highest BCUT2D eigenvalue weighted by atomic mass is 16.3. The number of carbonyl (C=O) groups is 1. The number of carbonyl (C=O) groups excluding carboxylic acids is 1. The van der Waals surface area contributed by atoms with E-state index in [0.717, 1.165) is 50.2 Å². The lowest BCUT2D eigenvalue weighted by Crippen LogP contribution is -2.32. The molecule has 3 heterocycles. The van der Waals surface area contributed by atoms with E-state index in [4.69, 9.17) is 4.42 Å². The molecule has 0 aromatic carbocycles. The maximum atomic E-state index is 12.2. The predicted octanol–water partition coefficient (Wildman–Crippen LogP) is 2.66. The monoisotopic (exact) mass is 359 g/mol. The summed E-state index contributed by atoms with van der Waals surface area (Å²) in [5, 5.41) is 11.7. The van der Waals surface area contributed by atoms with Crippen molar-refractivity contribution in [1.29, 1.82) is 0 Å². The molecular formula is C19H29N5O2. The van der Waals surface area contributed by atoms with E-state index < -0.39 is 0 Å². The van der Waals surface area contributed by atoms with Gasteiger partial charge in [-0.3, -0.25) is 4.79 Å². The lowest BCUT2D eigenvalue weighted by atomic mass is 10.0. The lowest BCUT2D eigenvalue weighted by Gasteiger charge is -2.24. The maximum Gasteiger partial charge on any atom is 0.287 e. The zero-order valence-corrected chi connectivity index (χ0v) is 15.9. The van der Waals surface area contributed by atoms with E-state index >= 15 is 0 Å². The Morgan fingerprint density at radius 1 is 1.27 bits per heavy atom. The Hall–Kier alpha value is -2.15. The van der Waals surface area contributed by atoms with E-state index in [-0.39, 0.29) is 11.9 Å². The van der Waals surface area contributed by atoms with Crippen LogP contribution in [0, 0.1) is 5.92 Å². The molecule has 0 spiro atoms. The summed E-state index contributed by atoms with van der Waals surface area (Å²) < 4.78 is 7.32. The third-order valence-electron chi connectivity index (χ3n) is 5.30. The molecule has 0 radical (unpaired) electrons. The molecule has 142 valence electrons. The quantitative estimate of drug-likeness (QED) is 0.822. The highest BCUT2D eigenvalue weighted by molar-refractivity contribution is 5.91. The Bertz CT molecular complexity index is 706. The molecule has 0 saturated heterocycles. The summed E-state index contributed by atoms with van der Waals surface area (Å²) in [6.07, 6.45) is 4.84. The van der Waals surface area contributed by atoms with Gasteiger partial charge in [0, 0.05) is 32.6 Å². The van der Waals surface area contributed by atoms with Crippen molar-refractivity contribution in [3.8, 4) is 0 Å². The molecule has 0 aliphatic carbocycles. The average molecular weight is 359 g/mol. The van der Waals surface area contributed by atoms with E-state index in [1.807, 2.05) is 6.92 Å². The molecule has 1 N–H and O–H groups in total. The average Bonchev–Trinajstić information content (AvgIpc) is 3.27. The standard InChI is InChI=1S/C19H29N5O2/c1-4-15(5-2)13-23-9-8-17-21-22-18(24(17)11-10-23)14(3)20-19(25)16-7-6-12-26-16/h6-7,12,14-15H,4-5,8-11,13H2,1-3H3,(H,20,25)/t14-/m0/s1. The Labute approximate surface area is 154 Å². The van der Waals surface area contributed by atoms with Crippen LogP contribution in [0.1, 0.15) is 61.9 Å². The van der Waals surface area contributed by atoms with Gasteiger partial charge in [-0.25, -0.2) is 0 Å². The molecule has 1 aliphatic rings. The number of amides is 1. The van der Waals surface area contributed by atoms with Crippen LogP contribution in [0.2, 0.25) is 0 Å². The van der Waals surface area contributed by atoms with Gasteiger partial charge in [0.05, 0.1) is 12.3 Å². The first kappa shape index (κ1) is 18.6. The van der Waals surface area contributed by atoms with E-state index in [2.05, 4.69) is 38.8 Å². The van der Waals surface area contributed by atoms with Gasteiger partial charge in [-0.1, -0.05) is 26.7 Å². The number of nitrogens with zero attached hydrogens (tertiary/aromatic N) is 4. The minimum Gasteiger partial charge on any atom is -0.459 e. The van der Waals surface area contributed by atoms with Crippen LogP contribution in [0.4, 0.5) is 0 Å². The zero-order valence-electron chi connectivity index (χ0n) is 15.9. The minimum absolute atomic E-state index is 0.223. The molecule has 2 aromatic rings. The number of hydrogen-bond acceptors (Lipinski definition) is 5. The van der Waals surface area contributed by atoms with Gasteiger partial charge in [0.1, 0.15) is 5.82 Å². The van der Waals surface area contributed by atoms with Crippen molar-refractivity contribution in [2.75, 3.05) is 19.6 Å². The second-order valence-corrected chi connectivity index (χ2v) is 7.03. The first-order chi connectivity index (χ1) is 12.6. The van der Waals surface area contributed by atoms with Crippen molar-refractivity contribution in [1.82, 2.24) is 25.0 Å². The summed E-state index contributed by atoms with van der Waals surface area (Å²) >= 11 is 0. The van der Waals surface area contributed by atoms with Gasteiger partial charge < -0.3 is 19.2 Å². The van der Waals surface area contributed by atoms with Crippen LogP contribution < -0.4 is 5.32 Å². The molecule has 0 fully saturated rings. The molecule has 3 rings (SSSR count). The van der Waals surface area contributed by atoms with Crippen LogP contribution in [-0.4, -0.2) is 45.2 Å². The molecule has 7 heteroatoms. The van der Waals surface area contributed by atoms with Gasteiger partial charge in [-0.15, -0.1) is 10.2 Å². The Morgan fingerprint density at radius 3 is 2.77 bits per heavy atom. The van der Waals surface area contributed by atoms with Crippen LogP contribution in [0.3, 0.4) is 0 Å². The number of furan rings is 1. The number of fused-ring (bicyclic) bond motifs is 1. The largest absolute Gasteiger partial charge is 0.459 e. The summed E-state index contributed by atoms with van der Waals surface area (Å²) in [7, 11) is 0. The Kier molecular flexibility index (Phi) is 6.08. The Morgan fingerprint density at radius 2 is 2.08 bits per heavy atom. The van der Waals surface area contributed by atoms with Crippen molar-refractivity contribution >= 4 is 5.91 Å². The molecule has 7 nitrogen and oxygen atoms in total. The summed E-state index contributed by atoms with van der Waals surface area (Å²) in [6, 6.07) is 3.14. The van der Waals surface area contributed by atoms with Gasteiger partial charge in [-0.05, 0) is 25.0 Å². The summed E-state index contributed by atoms with van der Waals surface area (Å²) in [5.74, 6) is 2.65. The highest BCUT2D eigenvalue weighted by Gasteiger charge is 2.24. The minimum atomic E-state index is -0.233. The normalized spacial score (nSPS) is 16.3. The van der Waals surface area contributed by atoms with Crippen LogP contribution in [0.25, 0.3) is 0 Å². The third-order valence-corrected chi connectivity index (χ3v) is 5.30. The van der Waals surface area contributed by atoms with Crippen LogP contribution in [0.5, 0.6) is 0 Å². The van der Waals surface area contributed by atoms with Gasteiger partial charge in [0.2, 0.25) is 0 Å². The van der Waals surface area contributed by atoms with Gasteiger partial charge in [-0.2, -0.15) is 0 Å². The molecular weight excluding hydrogens is 330 g/mol. The van der Waals surface area contributed by atoms with Gasteiger partial charge >= 0.3 is 0 Å². The maximum absolute atomic E-state index is 12.2. The molecule has 1 amide bonds. The molecule has 1 atom stereocenters. The van der Waals surface area contributed by atoms with E-state index in [9.17, 15) is 4.79 Å². The fraction of sp³-hybridized carbons (Fsp3) is 0.632. The topological polar surface area (TPSA) is 76.2 Å². The lowest BCUT2D eigenvalue weighted by molar-refractivity contribution is 0.0909. The number of rotatable bonds is 7. The van der Waals surface area contributed by atoms with Crippen molar-refractivity contribution in [2.45, 2.75) is 52.6 Å². The smallest absolute Gasteiger partial charge is 0.287 e. The first-order valence-electron chi connectivity index (χ1n) is 9.61. The molecule has 1 aliphatic heterocycles. The third kappa shape index (κ3) is 4.15. The van der Waals surface area contributed by atoms with Crippen LogP contribution >= 0.6 is 0 Å². The first-order valence-corrected chi connectivity index (χ1v) is 9.61. The molecule has 0 saturated carbocycles. The second kappa shape index (κ2) is 8.49. The second-order valence-electron chi connectivity index (χ2n) is 7.03. The molecule has 0 bridgehead atoms. The van der Waals surface area contributed by atoms with Crippen molar-refractivity contribution < 1.29 is 9.21 Å². The highest BCUT2D eigenvalue weighted by Crippen LogP contribution is 2.18. The predicted molar refractivity (Wildman–Crippen MR) is 98.8 cm³/mol. The van der Waals surface area contributed by atoms with Gasteiger partial charge in [0.25, 0.3) is 5.91 Å². The fourth-order valence-corrected chi connectivity index (χ4v) is 3.54. The molecule has 0 unspecified atom stereocenters. The Balaban J connectivity index is 1.65. The summed E-state index contributed by atoms with van der Waals surface area (Å²) in [6.45, 7) is 10.5. The van der Waals surface area contributed by atoms with Crippen LogP contribution in [-0.2, 0) is 13.0 Å². The van der Waals surface area contributed by atoms with Gasteiger partial charge in [0.15, 0.2) is 11.6 Å². The molecule has 2 aromatic heterocycles. The fourth-order valence-electron chi connectivity index (χ4n) is 3.54. The zero-order chi connectivity index (χ0) is 18.5. The van der Waals surface area contributed by atoms with E-state index in [0.29, 0.717) is 5.76 Å². The number of aromatic nitrogens is 3. The van der Waals surface area contributed by atoms with E-state index in [1.54, 1.807) is 12.1 Å². The SMILES string of the molecule is CCC(CC)CN1CCc2nnc([C@H](C)NC(=O)c3ccco3)n2CC1. The van der Waals surface area contributed by atoms with Crippen molar-refractivity contribution in [3.05, 3.63) is 35.8 Å². The van der Waals surface area contributed by atoms with Crippen molar-refractivity contribution in [3.63, 3.8) is 0 Å².